The summed E-state index contributed by atoms with van der Waals surface area (Å²) in [5.41, 5.74) is 2.76. The molecule has 6 heteroatoms. The van der Waals surface area contributed by atoms with Crippen LogP contribution in [0, 0.1) is 17.2 Å². The fourth-order valence-corrected chi connectivity index (χ4v) is 4.27. The normalized spacial score (nSPS) is 17.9. The summed E-state index contributed by atoms with van der Waals surface area (Å²) in [5.74, 6) is 1.42. The Bertz CT molecular complexity index is 942. The number of nitriles is 1. The van der Waals surface area contributed by atoms with Gasteiger partial charge in [-0.3, -0.25) is 9.69 Å². The van der Waals surface area contributed by atoms with E-state index in [1.165, 1.54) is 6.42 Å². The highest BCUT2D eigenvalue weighted by molar-refractivity contribution is 5.79. The van der Waals surface area contributed by atoms with E-state index in [9.17, 15) is 4.79 Å². The summed E-state index contributed by atoms with van der Waals surface area (Å²) < 4.78 is 11.8. The lowest BCUT2D eigenvalue weighted by atomic mass is 9.84. The second-order valence-corrected chi connectivity index (χ2v) is 8.64. The fraction of sp³-hybridized carbons (Fsp3) is 0.462. The third-order valence-electron chi connectivity index (χ3n) is 6.56. The first kappa shape index (κ1) is 22.3. The maximum Gasteiger partial charge on any atom is 0.225 e. The molecule has 168 valence electrons. The van der Waals surface area contributed by atoms with Crippen LogP contribution in [-0.4, -0.2) is 55.5 Å². The third-order valence-corrected chi connectivity index (χ3v) is 6.56. The van der Waals surface area contributed by atoms with Crippen molar-refractivity contribution in [1.82, 2.24) is 9.80 Å². The van der Waals surface area contributed by atoms with E-state index in [4.69, 9.17) is 14.7 Å². The van der Waals surface area contributed by atoms with Crippen LogP contribution in [0.5, 0.6) is 5.75 Å². The second kappa shape index (κ2) is 10.6. The molecule has 0 spiro atoms. The summed E-state index contributed by atoms with van der Waals surface area (Å²) in [6, 6.07) is 17.7. The van der Waals surface area contributed by atoms with Gasteiger partial charge in [0.1, 0.15) is 5.75 Å². The van der Waals surface area contributed by atoms with Crippen molar-refractivity contribution in [3.63, 3.8) is 0 Å². The van der Waals surface area contributed by atoms with Gasteiger partial charge in [-0.1, -0.05) is 30.7 Å². The van der Waals surface area contributed by atoms with Crippen molar-refractivity contribution in [2.24, 2.45) is 5.92 Å². The molecule has 1 heterocycles. The Labute approximate surface area is 190 Å². The van der Waals surface area contributed by atoms with Gasteiger partial charge in [-0.05, 0) is 48.2 Å². The predicted molar refractivity (Wildman–Crippen MR) is 122 cm³/mol. The second-order valence-electron chi connectivity index (χ2n) is 8.64. The maximum atomic E-state index is 12.6. The molecule has 0 bridgehead atoms. The Hall–Kier alpha value is -2.88. The highest BCUT2D eigenvalue weighted by Crippen LogP contribution is 2.29. The molecule has 32 heavy (non-hydrogen) atoms. The number of hydrogen-bond donors (Lipinski definition) is 0. The van der Waals surface area contributed by atoms with Crippen molar-refractivity contribution in [3.8, 4) is 11.8 Å². The van der Waals surface area contributed by atoms with Gasteiger partial charge < -0.3 is 14.4 Å². The zero-order valence-corrected chi connectivity index (χ0v) is 18.7. The number of carbonyl (C=O) groups is 1. The van der Waals surface area contributed by atoms with Crippen molar-refractivity contribution >= 4 is 5.91 Å². The van der Waals surface area contributed by atoms with Gasteiger partial charge in [-0.25, -0.2) is 0 Å². The van der Waals surface area contributed by atoms with Crippen LogP contribution < -0.4 is 4.74 Å². The first-order valence-corrected chi connectivity index (χ1v) is 11.4. The highest BCUT2D eigenvalue weighted by Gasteiger charge is 2.31. The molecule has 1 aliphatic carbocycles. The maximum absolute atomic E-state index is 12.6. The molecule has 2 fully saturated rings. The lowest BCUT2D eigenvalue weighted by Crippen LogP contribution is -2.51. The molecule has 2 aromatic rings. The van der Waals surface area contributed by atoms with E-state index in [1.807, 2.05) is 47.4 Å². The summed E-state index contributed by atoms with van der Waals surface area (Å²) in [7, 11) is 1.67. The molecule has 1 saturated carbocycles. The van der Waals surface area contributed by atoms with Crippen molar-refractivity contribution in [2.75, 3.05) is 39.8 Å². The molecule has 2 aromatic carbocycles. The molecule has 1 amide bonds. The van der Waals surface area contributed by atoms with E-state index in [2.05, 4.69) is 17.0 Å². The summed E-state index contributed by atoms with van der Waals surface area (Å²) >= 11 is 0. The van der Waals surface area contributed by atoms with Gasteiger partial charge in [0, 0.05) is 38.6 Å². The quantitative estimate of drug-likeness (QED) is 0.634. The largest absolute Gasteiger partial charge is 0.497 e. The summed E-state index contributed by atoms with van der Waals surface area (Å²) in [5, 5.41) is 9.00. The molecule has 4 rings (SSSR count). The lowest BCUT2D eigenvalue weighted by Gasteiger charge is -2.39. The van der Waals surface area contributed by atoms with Crippen molar-refractivity contribution < 1.29 is 14.3 Å². The Kier molecular flexibility index (Phi) is 7.41. The van der Waals surface area contributed by atoms with Gasteiger partial charge >= 0.3 is 0 Å². The van der Waals surface area contributed by atoms with Crippen LogP contribution in [0.3, 0.4) is 0 Å². The van der Waals surface area contributed by atoms with E-state index in [0.717, 1.165) is 62.4 Å². The number of benzene rings is 2. The van der Waals surface area contributed by atoms with Crippen molar-refractivity contribution in [3.05, 3.63) is 65.2 Å². The van der Waals surface area contributed by atoms with Crippen LogP contribution in [0.15, 0.2) is 48.5 Å². The van der Waals surface area contributed by atoms with Crippen LogP contribution in [0.1, 0.15) is 42.1 Å². The van der Waals surface area contributed by atoms with Crippen molar-refractivity contribution in [2.45, 2.75) is 32.0 Å². The number of ether oxygens (including phenoxy) is 2. The standard InChI is InChI=1S/C26H31N3O3/c1-31-24-7-3-6-23(16-24)25(32-19-21-10-8-20(17-27)9-11-21)18-28-12-14-29(15-13-28)26(30)22-4-2-5-22/h3,6-11,16,22,25H,2,4-5,12-15,18-19H2,1H3. The minimum atomic E-state index is -0.116. The number of amides is 1. The van der Waals surface area contributed by atoms with Gasteiger partial charge in [0.2, 0.25) is 5.91 Å². The molecule has 0 N–H and O–H groups in total. The first-order valence-electron chi connectivity index (χ1n) is 11.4. The van der Waals surface area contributed by atoms with Crippen LogP contribution in [0.4, 0.5) is 0 Å². The molecule has 6 nitrogen and oxygen atoms in total. The zero-order chi connectivity index (χ0) is 22.3. The van der Waals surface area contributed by atoms with Crippen LogP contribution in [0.2, 0.25) is 0 Å². The average Bonchev–Trinajstić information content (AvgIpc) is 2.81. The average molecular weight is 434 g/mol. The minimum Gasteiger partial charge on any atom is -0.497 e. The number of rotatable bonds is 8. The molecule has 2 aliphatic rings. The third kappa shape index (κ3) is 5.48. The highest BCUT2D eigenvalue weighted by atomic mass is 16.5. The number of carbonyl (C=O) groups excluding carboxylic acids is 1. The van der Waals surface area contributed by atoms with E-state index in [-0.39, 0.29) is 12.0 Å². The molecule has 1 atom stereocenters. The Balaban J connectivity index is 1.39. The first-order chi connectivity index (χ1) is 15.7. The summed E-state index contributed by atoms with van der Waals surface area (Å²) in [4.78, 5) is 17.0. The van der Waals surface area contributed by atoms with Gasteiger partial charge in [0.25, 0.3) is 0 Å². The fourth-order valence-electron chi connectivity index (χ4n) is 4.27. The SMILES string of the molecule is COc1cccc(C(CN2CCN(C(=O)C3CCC3)CC2)OCc2ccc(C#N)cc2)c1. The summed E-state index contributed by atoms with van der Waals surface area (Å²) in [6.07, 6.45) is 3.18. The van der Waals surface area contributed by atoms with Crippen LogP contribution >= 0.6 is 0 Å². The van der Waals surface area contributed by atoms with Crippen LogP contribution in [-0.2, 0) is 16.1 Å². The van der Waals surface area contributed by atoms with Gasteiger partial charge in [-0.15, -0.1) is 0 Å². The van der Waals surface area contributed by atoms with Gasteiger partial charge in [-0.2, -0.15) is 5.26 Å². The topological polar surface area (TPSA) is 65.8 Å². The van der Waals surface area contributed by atoms with Gasteiger partial charge in [0.05, 0.1) is 31.5 Å². The Morgan fingerprint density at radius 2 is 1.88 bits per heavy atom. The van der Waals surface area contributed by atoms with E-state index < -0.39 is 0 Å². The Morgan fingerprint density at radius 3 is 2.50 bits per heavy atom. The predicted octanol–water partition coefficient (Wildman–Crippen LogP) is 3.77. The summed E-state index contributed by atoms with van der Waals surface area (Å²) in [6.45, 7) is 4.52. The molecule has 1 unspecified atom stereocenters. The smallest absolute Gasteiger partial charge is 0.225 e. The van der Waals surface area contributed by atoms with E-state index in [0.29, 0.717) is 18.1 Å². The minimum absolute atomic E-state index is 0.116. The zero-order valence-electron chi connectivity index (χ0n) is 18.7. The van der Waals surface area contributed by atoms with Crippen LogP contribution in [0.25, 0.3) is 0 Å². The lowest BCUT2D eigenvalue weighted by molar-refractivity contribution is -0.140. The molecule has 1 saturated heterocycles. The van der Waals surface area contributed by atoms with Gasteiger partial charge in [0.15, 0.2) is 0 Å². The molecule has 1 aliphatic heterocycles. The Morgan fingerprint density at radius 1 is 1.12 bits per heavy atom. The van der Waals surface area contributed by atoms with E-state index >= 15 is 0 Å². The number of piperazine rings is 1. The number of methoxy groups -OCH3 is 1. The van der Waals surface area contributed by atoms with E-state index in [1.54, 1.807) is 7.11 Å². The molecular weight excluding hydrogens is 402 g/mol. The number of hydrogen-bond acceptors (Lipinski definition) is 5. The monoisotopic (exact) mass is 433 g/mol. The molecular formula is C26H31N3O3. The van der Waals surface area contributed by atoms with Crippen molar-refractivity contribution in [1.29, 1.82) is 5.26 Å². The molecule has 0 aromatic heterocycles. The number of nitrogens with zero attached hydrogens (tertiary/aromatic N) is 3. The molecule has 0 radical (unpaired) electrons.